The Hall–Kier alpha value is -2.20. The maximum absolute atomic E-state index is 12.4. The van der Waals surface area contributed by atoms with Gasteiger partial charge in [-0.2, -0.15) is 0 Å². The Morgan fingerprint density at radius 2 is 2.19 bits per heavy atom. The summed E-state index contributed by atoms with van der Waals surface area (Å²) in [4.78, 5) is 28.5. The van der Waals surface area contributed by atoms with Crippen LogP contribution in [0, 0.1) is 17.6 Å². The first-order chi connectivity index (χ1) is 12.5. The van der Waals surface area contributed by atoms with Gasteiger partial charge in [0.05, 0.1) is 0 Å². The quantitative estimate of drug-likeness (QED) is 0.228. The Morgan fingerprint density at radius 3 is 2.85 bits per heavy atom. The largest absolute Gasteiger partial charge is 0.454 e. The van der Waals surface area contributed by atoms with Crippen LogP contribution in [0.4, 0.5) is 0 Å². The van der Waals surface area contributed by atoms with E-state index in [2.05, 4.69) is 4.98 Å². The molecular weight excluding hydrogens is 467 g/mol. The highest BCUT2D eigenvalue weighted by Crippen LogP contribution is 2.22. The summed E-state index contributed by atoms with van der Waals surface area (Å²) in [6.45, 7) is 3.44. The highest BCUT2D eigenvalue weighted by Gasteiger charge is 2.18. The normalized spacial score (nSPS) is 11.2. The van der Waals surface area contributed by atoms with E-state index in [1.54, 1.807) is 24.4 Å². The second kappa shape index (κ2) is 8.00. The number of hydrogen-bond donors (Lipinski definition) is 0. The van der Waals surface area contributed by atoms with Gasteiger partial charge >= 0.3 is 5.97 Å². The molecule has 6 nitrogen and oxygen atoms in total. The molecule has 3 rings (SSSR count). The highest BCUT2D eigenvalue weighted by molar-refractivity contribution is 14.1. The van der Waals surface area contributed by atoms with Gasteiger partial charge in [-0.3, -0.25) is 9.36 Å². The van der Waals surface area contributed by atoms with Crippen molar-refractivity contribution in [2.75, 3.05) is 6.61 Å². The first-order valence-corrected chi connectivity index (χ1v) is 9.63. The van der Waals surface area contributed by atoms with Crippen LogP contribution in [0.2, 0.25) is 0 Å². The minimum Gasteiger partial charge on any atom is -0.454 e. The van der Waals surface area contributed by atoms with Crippen molar-refractivity contribution in [3.8, 4) is 5.13 Å². The lowest BCUT2D eigenvalue weighted by atomic mass is 10.1. The number of Topliss-reactive ketones (excluding diaryl/α,β-unsaturated/α-hetero) is 1. The van der Waals surface area contributed by atoms with Gasteiger partial charge < -0.3 is 9.15 Å². The molecule has 0 unspecified atom stereocenters. The van der Waals surface area contributed by atoms with E-state index in [-0.39, 0.29) is 12.4 Å². The number of furan rings is 1. The monoisotopic (exact) mass is 482 g/mol. The number of ketones is 1. The fourth-order valence-corrected chi connectivity index (χ4v) is 3.68. The van der Waals surface area contributed by atoms with Crippen LogP contribution < -0.4 is 0 Å². The number of esters is 1. The predicted molar refractivity (Wildman–Crippen MR) is 107 cm³/mol. The zero-order valence-corrected chi connectivity index (χ0v) is 17.0. The maximum Gasteiger partial charge on any atom is 0.331 e. The number of thiazole rings is 1. The minimum absolute atomic E-state index is 0.254. The lowest BCUT2D eigenvalue weighted by Gasteiger charge is -2.05. The molecule has 0 radical (unpaired) electrons. The second-order valence-corrected chi connectivity index (χ2v) is 7.38. The van der Waals surface area contributed by atoms with Crippen molar-refractivity contribution in [1.82, 2.24) is 9.55 Å². The zero-order chi connectivity index (χ0) is 18.7. The summed E-state index contributed by atoms with van der Waals surface area (Å²) in [5.41, 5.74) is 2.20. The molecule has 134 valence electrons. The molecule has 3 heterocycles. The second-order valence-electron chi connectivity index (χ2n) is 5.44. The third kappa shape index (κ3) is 4.13. The summed E-state index contributed by atoms with van der Waals surface area (Å²) in [5, 5.41) is 2.68. The fraction of sp³-hybridized carbons (Fsp3) is 0.167. The van der Waals surface area contributed by atoms with Crippen molar-refractivity contribution in [3.63, 3.8) is 0 Å². The van der Waals surface area contributed by atoms with Gasteiger partial charge in [0.25, 0.3) is 0 Å². The van der Waals surface area contributed by atoms with Gasteiger partial charge in [-0.25, -0.2) is 9.78 Å². The molecule has 8 heteroatoms. The maximum atomic E-state index is 12.4. The van der Waals surface area contributed by atoms with Crippen molar-refractivity contribution >= 4 is 51.8 Å². The van der Waals surface area contributed by atoms with Crippen molar-refractivity contribution in [2.45, 2.75) is 13.8 Å². The molecule has 3 aromatic heterocycles. The predicted octanol–water partition coefficient (Wildman–Crippen LogP) is 4.19. The van der Waals surface area contributed by atoms with Gasteiger partial charge in [-0.05, 0) is 60.7 Å². The van der Waals surface area contributed by atoms with Gasteiger partial charge in [0.1, 0.15) is 5.76 Å². The fourth-order valence-electron chi connectivity index (χ4n) is 2.50. The third-order valence-electron chi connectivity index (χ3n) is 3.67. The number of hydrogen-bond acceptors (Lipinski definition) is 6. The molecule has 0 aliphatic carbocycles. The number of nitrogens with zero attached hydrogens (tertiary/aromatic N) is 2. The summed E-state index contributed by atoms with van der Waals surface area (Å²) in [5.74, 6) is -0.307. The van der Waals surface area contributed by atoms with Gasteiger partial charge in [0.15, 0.2) is 15.5 Å². The van der Waals surface area contributed by atoms with Crippen molar-refractivity contribution in [2.24, 2.45) is 0 Å². The van der Waals surface area contributed by atoms with Crippen LogP contribution in [0.3, 0.4) is 0 Å². The van der Waals surface area contributed by atoms with Gasteiger partial charge in [-0.15, -0.1) is 11.3 Å². The van der Waals surface area contributed by atoms with E-state index in [0.717, 1.165) is 20.3 Å². The molecule has 0 bridgehead atoms. The summed E-state index contributed by atoms with van der Waals surface area (Å²) < 4.78 is 13.0. The number of halogens is 1. The van der Waals surface area contributed by atoms with Crippen LogP contribution in [-0.2, 0) is 9.53 Å². The number of carbonyl (C=O) groups is 2. The van der Waals surface area contributed by atoms with Crippen LogP contribution in [-0.4, -0.2) is 27.9 Å². The van der Waals surface area contributed by atoms with Crippen LogP contribution in [0.15, 0.2) is 40.3 Å². The molecule has 3 aromatic rings. The lowest BCUT2D eigenvalue weighted by molar-refractivity contribution is -0.136. The molecule has 0 aliphatic heterocycles. The Kier molecular flexibility index (Phi) is 5.72. The molecule has 0 N–H and O–H groups in total. The van der Waals surface area contributed by atoms with Crippen LogP contribution >= 0.6 is 33.9 Å². The molecule has 0 atom stereocenters. The topological polar surface area (TPSA) is 74.3 Å². The highest BCUT2D eigenvalue weighted by atomic mass is 127. The Balaban J connectivity index is 1.64. The number of rotatable bonds is 6. The first-order valence-electron chi connectivity index (χ1n) is 7.68. The van der Waals surface area contributed by atoms with E-state index in [0.29, 0.717) is 11.3 Å². The smallest absolute Gasteiger partial charge is 0.331 e. The average Bonchev–Trinajstić information content (AvgIpc) is 3.32. The van der Waals surface area contributed by atoms with Gasteiger partial charge in [0.2, 0.25) is 5.78 Å². The molecule has 0 spiro atoms. The summed E-state index contributed by atoms with van der Waals surface area (Å²) in [7, 11) is 0. The lowest BCUT2D eigenvalue weighted by Crippen LogP contribution is -2.13. The van der Waals surface area contributed by atoms with Crippen molar-refractivity contribution in [1.29, 1.82) is 0 Å². The third-order valence-corrected chi connectivity index (χ3v) is 5.00. The van der Waals surface area contributed by atoms with E-state index in [1.807, 2.05) is 46.4 Å². The zero-order valence-electron chi connectivity index (χ0n) is 14.1. The SMILES string of the molecule is Cc1cc(C(=O)COC(=O)/C=C/c2ccc(I)o2)c(C)n1-c1nccs1. The summed E-state index contributed by atoms with van der Waals surface area (Å²) >= 11 is 3.52. The van der Waals surface area contributed by atoms with Crippen LogP contribution in [0.5, 0.6) is 0 Å². The standard InChI is InChI=1S/C18H15IN2O4S/c1-11-9-14(12(2)21(11)18-20-7-8-26-18)15(22)10-24-17(23)6-4-13-3-5-16(19)25-13/h3-9H,10H2,1-2H3/b6-4+. The first kappa shape index (κ1) is 18.6. The molecule has 0 saturated carbocycles. The number of aryl methyl sites for hydroxylation is 1. The molecule has 0 aromatic carbocycles. The summed E-state index contributed by atoms with van der Waals surface area (Å²) in [6, 6.07) is 5.31. The molecule has 0 fully saturated rings. The van der Waals surface area contributed by atoms with Crippen molar-refractivity contribution in [3.05, 3.63) is 62.3 Å². The van der Waals surface area contributed by atoms with Gasteiger partial charge in [-0.1, -0.05) is 0 Å². The average molecular weight is 482 g/mol. The van der Waals surface area contributed by atoms with E-state index in [9.17, 15) is 9.59 Å². The van der Waals surface area contributed by atoms with Gasteiger partial charge in [0, 0.05) is 34.6 Å². The van der Waals surface area contributed by atoms with Crippen LogP contribution in [0.1, 0.15) is 27.5 Å². The van der Waals surface area contributed by atoms with Crippen LogP contribution in [0.25, 0.3) is 11.2 Å². The molecule has 26 heavy (non-hydrogen) atoms. The molecule has 0 aliphatic rings. The van der Waals surface area contributed by atoms with Crippen molar-refractivity contribution < 1.29 is 18.7 Å². The molecule has 0 saturated heterocycles. The number of ether oxygens (including phenoxy) is 1. The number of carbonyl (C=O) groups excluding carboxylic acids is 2. The molecule has 0 amide bonds. The summed E-state index contributed by atoms with van der Waals surface area (Å²) in [6.07, 6.45) is 4.46. The number of aromatic nitrogens is 2. The Labute approximate surface area is 167 Å². The van der Waals surface area contributed by atoms with E-state index in [1.165, 1.54) is 23.5 Å². The Bertz CT molecular complexity index is 970. The van der Waals surface area contributed by atoms with E-state index < -0.39 is 5.97 Å². The van der Waals surface area contributed by atoms with E-state index in [4.69, 9.17) is 9.15 Å². The van der Waals surface area contributed by atoms with E-state index >= 15 is 0 Å². The minimum atomic E-state index is -0.599. The molecular formula is C18H15IN2O4S. The Morgan fingerprint density at radius 1 is 1.38 bits per heavy atom.